The highest BCUT2D eigenvalue weighted by molar-refractivity contribution is 5.87. The molecular weight excluding hydrogens is 272 g/mol. The van der Waals surface area contributed by atoms with Gasteiger partial charge in [0.2, 0.25) is 0 Å². The summed E-state index contributed by atoms with van der Waals surface area (Å²) in [5.74, 6) is -0.431. The minimum absolute atomic E-state index is 0.138. The maximum Gasteiger partial charge on any atom is 0.335 e. The molecule has 0 aromatic heterocycles. The molecular formula is C16H22O5. The number of carbonyl (C=O) groups is 1. The Balaban J connectivity index is 1.68. The molecule has 1 aromatic carbocycles. The fourth-order valence-corrected chi connectivity index (χ4v) is 2.41. The number of ether oxygens (including phenoxy) is 2. The minimum atomic E-state index is -0.970. The van der Waals surface area contributed by atoms with Gasteiger partial charge >= 0.3 is 5.97 Å². The van der Waals surface area contributed by atoms with Crippen molar-refractivity contribution >= 4 is 5.97 Å². The minimum Gasteiger partial charge on any atom is -0.491 e. The second-order valence-electron chi connectivity index (χ2n) is 5.39. The van der Waals surface area contributed by atoms with E-state index < -0.39 is 12.1 Å². The summed E-state index contributed by atoms with van der Waals surface area (Å²) in [6.07, 6.45) is 5.42. The van der Waals surface area contributed by atoms with Crippen LogP contribution in [0.1, 0.15) is 42.5 Å². The van der Waals surface area contributed by atoms with Crippen LogP contribution in [-0.2, 0) is 4.74 Å². The Morgan fingerprint density at radius 2 is 1.81 bits per heavy atom. The van der Waals surface area contributed by atoms with Gasteiger partial charge in [0, 0.05) is 0 Å². The standard InChI is InChI=1S/C16H22O5/c17-13(10-20-14-4-2-1-3-5-14)11-21-15-8-6-12(7-9-15)16(18)19/h6-9,13-14,17H,1-5,10-11H2,(H,18,19). The fraction of sp³-hybridized carbons (Fsp3) is 0.562. The Bertz CT molecular complexity index is 436. The Labute approximate surface area is 124 Å². The van der Waals surface area contributed by atoms with Crippen molar-refractivity contribution < 1.29 is 24.5 Å². The Kier molecular flexibility index (Phi) is 6.02. The van der Waals surface area contributed by atoms with Gasteiger partial charge in [-0.2, -0.15) is 0 Å². The number of aliphatic hydroxyl groups is 1. The topological polar surface area (TPSA) is 76.0 Å². The average molecular weight is 294 g/mol. The largest absolute Gasteiger partial charge is 0.491 e. The summed E-state index contributed by atoms with van der Waals surface area (Å²) in [6.45, 7) is 0.414. The zero-order valence-electron chi connectivity index (χ0n) is 12.0. The van der Waals surface area contributed by atoms with Gasteiger partial charge in [0.05, 0.1) is 18.3 Å². The predicted octanol–water partition coefficient (Wildman–Crippen LogP) is 2.47. The molecule has 0 aliphatic heterocycles. The number of aromatic carboxylic acids is 1. The van der Waals surface area contributed by atoms with Crippen LogP contribution in [0.25, 0.3) is 0 Å². The van der Waals surface area contributed by atoms with Crippen LogP contribution < -0.4 is 4.74 Å². The molecule has 1 aliphatic carbocycles. The van der Waals surface area contributed by atoms with Gasteiger partial charge < -0.3 is 19.7 Å². The second kappa shape index (κ2) is 8.00. The summed E-state index contributed by atoms with van der Waals surface area (Å²) in [7, 11) is 0. The lowest BCUT2D eigenvalue weighted by atomic mass is 9.98. The zero-order chi connectivity index (χ0) is 15.1. The quantitative estimate of drug-likeness (QED) is 0.808. The number of hydrogen-bond donors (Lipinski definition) is 2. The summed E-state index contributed by atoms with van der Waals surface area (Å²) in [5.41, 5.74) is 0.212. The summed E-state index contributed by atoms with van der Waals surface area (Å²) in [5, 5.41) is 18.6. The smallest absolute Gasteiger partial charge is 0.335 e. The monoisotopic (exact) mass is 294 g/mol. The highest BCUT2D eigenvalue weighted by atomic mass is 16.5. The molecule has 0 amide bonds. The predicted molar refractivity (Wildman–Crippen MR) is 77.7 cm³/mol. The molecule has 1 aliphatic rings. The molecule has 0 saturated heterocycles. The van der Waals surface area contributed by atoms with E-state index in [1.165, 1.54) is 31.4 Å². The van der Waals surface area contributed by atoms with Gasteiger partial charge in [0.25, 0.3) is 0 Å². The zero-order valence-corrected chi connectivity index (χ0v) is 12.0. The molecule has 5 heteroatoms. The summed E-state index contributed by atoms with van der Waals surface area (Å²) in [6, 6.07) is 6.11. The lowest BCUT2D eigenvalue weighted by Gasteiger charge is -2.23. The normalized spacial score (nSPS) is 17.4. The van der Waals surface area contributed by atoms with Crippen LogP contribution in [0, 0.1) is 0 Å². The lowest BCUT2D eigenvalue weighted by molar-refractivity contribution is -0.0363. The van der Waals surface area contributed by atoms with Crippen molar-refractivity contribution in [1.29, 1.82) is 0 Å². The third kappa shape index (κ3) is 5.36. The summed E-state index contributed by atoms with van der Waals surface area (Å²) in [4.78, 5) is 10.7. The number of aliphatic hydroxyl groups excluding tert-OH is 1. The van der Waals surface area contributed by atoms with Crippen LogP contribution >= 0.6 is 0 Å². The maximum atomic E-state index is 10.7. The van der Waals surface area contributed by atoms with Crippen LogP contribution in [0.3, 0.4) is 0 Å². The molecule has 2 N–H and O–H groups in total. The molecule has 1 fully saturated rings. The molecule has 0 radical (unpaired) electrons. The van der Waals surface area contributed by atoms with Gasteiger partial charge in [-0.15, -0.1) is 0 Å². The number of benzene rings is 1. The van der Waals surface area contributed by atoms with E-state index in [1.54, 1.807) is 12.1 Å². The Hall–Kier alpha value is -1.59. The molecule has 5 nitrogen and oxygen atoms in total. The molecule has 1 saturated carbocycles. The third-order valence-corrected chi connectivity index (χ3v) is 3.62. The van der Waals surface area contributed by atoms with Gasteiger partial charge in [-0.1, -0.05) is 19.3 Å². The average Bonchev–Trinajstić information content (AvgIpc) is 2.52. The fourth-order valence-electron chi connectivity index (χ4n) is 2.41. The number of hydrogen-bond acceptors (Lipinski definition) is 4. The lowest BCUT2D eigenvalue weighted by Crippen LogP contribution is -2.27. The second-order valence-corrected chi connectivity index (χ2v) is 5.39. The van der Waals surface area contributed by atoms with Crippen LogP contribution in [0.15, 0.2) is 24.3 Å². The molecule has 116 valence electrons. The van der Waals surface area contributed by atoms with Gasteiger partial charge in [-0.05, 0) is 37.1 Å². The van der Waals surface area contributed by atoms with Gasteiger partial charge in [-0.25, -0.2) is 4.79 Å². The van der Waals surface area contributed by atoms with E-state index in [2.05, 4.69) is 0 Å². The van der Waals surface area contributed by atoms with Crippen molar-refractivity contribution in [1.82, 2.24) is 0 Å². The van der Waals surface area contributed by atoms with E-state index in [0.29, 0.717) is 5.75 Å². The highest BCUT2D eigenvalue weighted by Crippen LogP contribution is 2.20. The summed E-state index contributed by atoms with van der Waals surface area (Å²) >= 11 is 0. The number of carboxylic acids is 1. The van der Waals surface area contributed by atoms with Crippen molar-refractivity contribution in [3.8, 4) is 5.75 Å². The molecule has 1 atom stereocenters. The first kappa shape index (κ1) is 15.8. The first-order valence-electron chi connectivity index (χ1n) is 7.41. The Morgan fingerprint density at radius 1 is 1.14 bits per heavy atom. The molecule has 0 bridgehead atoms. The SMILES string of the molecule is O=C(O)c1ccc(OCC(O)COC2CCCCC2)cc1. The molecule has 2 rings (SSSR count). The van der Waals surface area contributed by atoms with Gasteiger partial charge in [-0.3, -0.25) is 0 Å². The van der Waals surface area contributed by atoms with E-state index >= 15 is 0 Å². The van der Waals surface area contributed by atoms with Crippen molar-refractivity contribution in [2.75, 3.05) is 13.2 Å². The molecule has 0 spiro atoms. The van der Waals surface area contributed by atoms with E-state index in [0.717, 1.165) is 12.8 Å². The molecule has 1 aromatic rings. The number of carboxylic acid groups (broad SMARTS) is 1. The maximum absolute atomic E-state index is 10.7. The molecule has 1 unspecified atom stereocenters. The molecule has 0 heterocycles. The van der Waals surface area contributed by atoms with E-state index in [-0.39, 0.29) is 24.9 Å². The van der Waals surface area contributed by atoms with E-state index in [1.807, 2.05) is 0 Å². The van der Waals surface area contributed by atoms with Crippen LogP contribution in [0.4, 0.5) is 0 Å². The van der Waals surface area contributed by atoms with Gasteiger partial charge in [0.1, 0.15) is 18.5 Å². The highest BCUT2D eigenvalue weighted by Gasteiger charge is 2.15. The van der Waals surface area contributed by atoms with E-state index in [4.69, 9.17) is 14.6 Å². The van der Waals surface area contributed by atoms with Crippen LogP contribution in [0.2, 0.25) is 0 Å². The van der Waals surface area contributed by atoms with Crippen LogP contribution in [0.5, 0.6) is 5.75 Å². The first-order chi connectivity index (χ1) is 10.1. The first-order valence-corrected chi connectivity index (χ1v) is 7.41. The Morgan fingerprint density at radius 3 is 2.43 bits per heavy atom. The van der Waals surface area contributed by atoms with Crippen LogP contribution in [-0.4, -0.2) is 41.6 Å². The third-order valence-electron chi connectivity index (χ3n) is 3.62. The summed E-state index contributed by atoms with van der Waals surface area (Å²) < 4.78 is 11.1. The van der Waals surface area contributed by atoms with Crippen molar-refractivity contribution in [3.63, 3.8) is 0 Å². The van der Waals surface area contributed by atoms with Crippen molar-refractivity contribution in [3.05, 3.63) is 29.8 Å². The molecule has 21 heavy (non-hydrogen) atoms. The number of rotatable bonds is 7. The van der Waals surface area contributed by atoms with E-state index in [9.17, 15) is 9.90 Å². The van der Waals surface area contributed by atoms with Crippen molar-refractivity contribution in [2.45, 2.75) is 44.3 Å². The van der Waals surface area contributed by atoms with Crippen molar-refractivity contribution in [2.24, 2.45) is 0 Å². The van der Waals surface area contributed by atoms with Gasteiger partial charge in [0.15, 0.2) is 0 Å².